The third kappa shape index (κ3) is 1.48. The van der Waals surface area contributed by atoms with Gasteiger partial charge in [-0.25, -0.2) is 4.98 Å². The van der Waals surface area contributed by atoms with Crippen LogP contribution in [0.25, 0.3) is 5.13 Å². The van der Waals surface area contributed by atoms with Crippen molar-refractivity contribution < 1.29 is 4.79 Å². The predicted molar refractivity (Wildman–Crippen MR) is 47.0 cm³/mol. The minimum atomic E-state index is -0.0946. The molecule has 0 fully saturated rings. The van der Waals surface area contributed by atoms with Crippen LogP contribution in [0.15, 0.2) is 17.8 Å². The van der Waals surface area contributed by atoms with Crippen molar-refractivity contribution >= 4 is 17.1 Å². The van der Waals surface area contributed by atoms with Gasteiger partial charge in [-0.15, -0.1) is 16.4 Å². The number of thiazole rings is 1. The van der Waals surface area contributed by atoms with Crippen LogP contribution in [0.3, 0.4) is 0 Å². The summed E-state index contributed by atoms with van der Waals surface area (Å²) in [6, 6.07) is 0. The number of rotatable bonds is 2. The van der Waals surface area contributed by atoms with E-state index in [2.05, 4.69) is 15.3 Å². The van der Waals surface area contributed by atoms with E-state index in [1.807, 2.05) is 5.38 Å². The Morgan fingerprint density at radius 2 is 2.46 bits per heavy atom. The molecule has 0 N–H and O–H groups in total. The molecule has 0 amide bonds. The molecule has 66 valence electrons. The van der Waals surface area contributed by atoms with Crippen molar-refractivity contribution in [3.05, 3.63) is 23.5 Å². The average Bonchev–Trinajstić information content (AvgIpc) is 2.75. The Hall–Kier alpha value is -1.56. The Labute approximate surface area is 78.0 Å². The van der Waals surface area contributed by atoms with Gasteiger partial charge in [0.05, 0.1) is 6.20 Å². The highest BCUT2D eigenvalue weighted by Crippen LogP contribution is 2.09. The maximum absolute atomic E-state index is 10.9. The number of aromatic nitrogens is 4. The Bertz CT molecular complexity index is 419. The van der Waals surface area contributed by atoms with Crippen LogP contribution >= 0.6 is 11.3 Å². The van der Waals surface area contributed by atoms with Crippen molar-refractivity contribution in [2.24, 2.45) is 0 Å². The van der Waals surface area contributed by atoms with Gasteiger partial charge in [-0.1, -0.05) is 5.21 Å². The second kappa shape index (κ2) is 3.06. The largest absolute Gasteiger partial charge is 0.293 e. The predicted octanol–water partition coefficient (Wildman–Crippen LogP) is 0.926. The molecule has 0 aliphatic carbocycles. The summed E-state index contributed by atoms with van der Waals surface area (Å²) in [6.45, 7) is 1.45. The standard InChI is InChI=1S/C7H6N4OS/c1-5(12)6-4-11(10-9-6)7-8-2-3-13-7/h2-4H,1H3. The van der Waals surface area contributed by atoms with Crippen molar-refractivity contribution in [3.8, 4) is 5.13 Å². The van der Waals surface area contributed by atoms with E-state index < -0.39 is 0 Å². The highest BCUT2D eigenvalue weighted by Gasteiger charge is 2.07. The fourth-order valence-electron chi connectivity index (χ4n) is 0.848. The van der Waals surface area contributed by atoms with Gasteiger partial charge < -0.3 is 0 Å². The number of ketones is 1. The molecular formula is C7H6N4OS. The minimum Gasteiger partial charge on any atom is -0.293 e. The summed E-state index contributed by atoms with van der Waals surface area (Å²) in [7, 11) is 0. The maximum atomic E-state index is 10.9. The van der Waals surface area contributed by atoms with Crippen molar-refractivity contribution in [1.82, 2.24) is 20.0 Å². The van der Waals surface area contributed by atoms with E-state index in [9.17, 15) is 4.79 Å². The van der Waals surface area contributed by atoms with E-state index >= 15 is 0 Å². The number of carbonyl (C=O) groups excluding carboxylic acids is 1. The fourth-order valence-corrected chi connectivity index (χ4v) is 1.41. The van der Waals surface area contributed by atoms with Gasteiger partial charge in [-0.05, 0) is 0 Å². The lowest BCUT2D eigenvalue weighted by Crippen LogP contribution is -1.92. The van der Waals surface area contributed by atoms with Crippen LogP contribution in [0.4, 0.5) is 0 Å². The van der Waals surface area contributed by atoms with E-state index in [-0.39, 0.29) is 5.78 Å². The Balaban J connectivity index is 2.39. The Morgan fingerprint density at radius 3 is 3.00 bits per heavy atom. The third-order valence-electron chi connectivity index (χ3n) is 1.47. The zero-order valence-corrected chi connectivity index (χ0v) is 7.65. The lowest BCUT2D eigenvalue weighted by atomic mass is 10.3. The quantitative estimate of drug-likeness (QED) is 0.667. The molecule has 0 radical (unpaired) electrons. The topological polar surface area (TPSA) is 60.7 Å². The molecule has 2 aromatic heterocycles. The van der Waals surface area contributed by atoms with Gasteiger partial charge >= 0.3 is 0 Å². The van der Waals surface area contributed by atoms with Gasteiger partial charge in [0.2, 0.25) is 5.13 Å². The molecule has 0 aromatic carbocycles. The number of Topliss-reactive ketones (excluding diaryl/α,β-unsaturated/α-hetero) is 1. The first-order chi connectivity index (χ1) is 6.27. The van der Waals surface area contributed by atoms with Gasteiger partial charge in [-0.3, -0.25) is 4.79 Å². The molecule has 0 bridgehead atoms. The zero-order chi connectivity index (χ0) is 9.26. The molecule has 0 saturated carbocycles. The molecule has 2 rings (SSSR count). The third-order valence-corrected chi connectivity index (χ3v) is 2.23. The molecule has 6 heteroatoms. The molecular weight excluding hydrogens is 188 g/mol. The van der Waals surface area contributed by atoms with Gasteiger partial charge in [0, 0.05) is 18.5 Å². The van der Waals surface area contributed by atoms with Crippen molar-refractivity contribution in [2.75, 3.05) is 0 Å². The van der Waals surface area contributed by atoms with Crippen LogP contribution in [-0.4, -0.2) is 25.8 Å². The molecule has 0 unspecified atom stereocenters. The Kier molecular flexibility index (Phi) is 1.90. The number of nitrogens with zero attached hydrogens (tertiary/aromatic N) is 4. The molecule has 5 nitrogen and oxygen atoms in total. The SMILES string of the molecule is CC(=O)c1cn(-c2nccs2)nn1. The zero-order valence-electron chi connectivity index (χ0n) is 6.84. The van der Waals surface area contributed by atoms with Gasteiger partial charge in [0.15, 0.2) is 5.78 Å². The summed E-state index contributed by atoms with van der Waals surface area (Å²) < 4.78 is 1.49. The van der Waals surface area contributed by atoms with Crippen LogP contribution in [0.2, 0.25) is 0 Å². The van der Waals surface area contributed by atoms with Crippen LogP contribution < -0.4 is 0 Å². The highest BCUT2D eigenvalue weighted by molar-refractivity contribution is 7.12. The van der Waals surface area contributed by atoms with E-state index in [1.165, 1.54) is 22.9 Å². The molecule has 13 heavy (non-hydrogen) atoms. The van der Waals surface area contributed by atoms with Crippen molar-refractivity contribution in [2.45, 2.75) is 6.92 Å². The van der Waals surface area contributed by atoms with Crippen molar-refractivity contribution in [1.29, 1.82) is 0 Å². The Morgan fingerprint density at radius 1 is 1.62 bits per heavy atom. The molecule has 0 aliphatic heterocycles. The minimum absolute atomic E-state index is 0.0946. The summed E-state index contributed by atoms with van der Waals surface area (Å²) >= 11 is 1.44. The summed E-state index contributed by atoms with van der Waals surface area (Å²) in [4.78, 5) is 14.9. The molecule has 0 atom stereocenters. The second-order valence-electron chi connectivity index (χ2n) is 2.42. The maximum Gasteiger partial charge on any atom is 0.211 e. The fraction of sp³-hybridized carbons (Fsp3) is 0.143. The molecule has 2 heterocycles. The van der Waals surface area contributed by atoms with Gasteiger partial charge in [0.1, 0.15) is 5.69 Å². The van der Waals surface area contributed by atoms with Crippen LogP contribution in [-0.2, 0) is 0 Å². The van der Waals surface area contributed by atoms with Crippen LogP contribution in [0.5, 0.6) is 0 Å². The van der Waals surface area contributed by atoms with E-state index in [1.54, 1.807) is 12.4 Å². The number of carbonyl (C=O) groups is 1. The number of hydrogen-bond acceptors (Lipinski definition) is 5. The smallest absolute Gasteiger partial charge is 0.211 e. The van der Waals surface area contributed by atoms with Crippen molar-refractivity contribution in [3.63, 3.8) is 0 Å². The molecule has 0 saturated heterocycles. The van der Waals surface area contributed by atoms with E-state index in [0.29, 0.717) is 10.8 Å². The molecule has 2 aromatic rings. The molecule has 0 aliphatic rings. The monoisotopic (exact) mass is 194 g/mol. The summed E-state index contributed by atoms with van der Waals surface area (Å²) in [5, 5.41) is 10.0. The van der Waals surface area contributed by atoms with E-state index in [0.717, 1.165) is 0 Å². The lowest BCUT2D eigenvalue weighted by molar-refractivity contribution is 0.101. The van der Waals surface area contributed by atoms with Crippen LogP contribution in [0.1, 0.15) is 17.4 Å². The summed E-state index contributed by atoms with van der Waals surface area (Å²) in [5.74, 6) is -0.0946. The highest BCUT2D eigenvalue weighted by atomic mass is 32.1. The first kappa shape index (κ1) is 8.06. The molecule has 0 spiro atoms. The first-order valence-corrected chi connectivity index (χ1v) is 4.48. The first-order valence-electron chi connectivity index (χ1n) is 3.60. The normalized spacial score (nSPS) is 10.2. The number of hydrogen-bond donors (Lipinski definition) is 0. The van der Waals surface area contributed by atoms with Crippen LogP contribution in [0, 0.1) is 0 Å². The average molecular weight is 194 g/mol. The lowest BCUT2D eigenvalue weighted by Gasteiger charge is -1.88. The van der Waals surface area contributed by atoms with Gasteiger partial charge in [0.25, 0.3) is 0 Å². The van der Waals surface area contributed by atoms with E-state index in [4.69, 9.17) is 0 Å². The second-order valence-corrected chi connectivity index (χ2v) is 3.29. The summed E-state index contributed by atoms with van der Waals surface area (Å²) in [5.41, 5.74) is 0.357. The summed E-state index contributed by atoms with van der Waals surface area (Å²) in [6.07, 6.45) is 3.25. The van der Waals surface area contributed by atoms with Gasteiger partial charge in [-0.2, -0.15) is 4.68 Å².